The molecule has 1 aliphatic heterocycles. The van der Waals surface area contributed by atoms with Gasteiger partial charge in [-0.15, -0.1) is 11.3 Å². The van der Waals surface area contributed by atoms with E-state index in [9.17, 15) is 14.4 Å². The van der Waals surface area contributed by atoms with Gasteiger partial charge in [-0.3, -0.25) is 14.4 Å². The molecule has 180 valence electrons. The monoisotopic (exact) mass is 484 g/mol. The molecule has 0 bridgehead atoms. The maximum Gasteiger partial charge on any atom is 0.259 e. The lowest BCUT2D eigenvalue weighted by Gasteiger charge is -2.35. The van der Waals surface area contributed by atoms with Crippen LogP contribution < -0.4 is 15.0 Å². The molecule has 10 heteroatoms. The van der Waals surface area contributed by atoms with E-state index in [0.29, 0.717) is 65.7 Å². The summed E-state index contributed by atoms with van der Waals surface area (Å²) in [6, 6.07) is 5.09. The van der Waals surface area contributed by atoms with Crippen LogP contribution in [0.4, 0.5) is 0 Å². The Balaban J connectivity index is 1.34. The van der Waals surface area contributed by atoms with Crippen molar-refractivity contribution in [1.82, 2.24) is 19.8 Å². The molecule has 1 aliphatic rings. The van der Waals surface area contributed by atoms with Gasteiger partial charge in [-0.2, -0.15) is 0 Å². The van der Waals surface area contributed by atoms with Crippen LogP contribution in [0.25, 0.3) is 10.2 Å². The number of thiophene rings is 1. The lowest BCUT2D eigenvalue weighted by molar-refractivity contribution is -0.132. The summed E-state index contributed by atoms with van der Waals surface area (Å²) in [7, 11) is 3.08. The summed E-state index contributed by atoms with van der Waals surface area (Å²) in [5.41, 5.74) is 1.32. The number of fused-ring (bicyclic) bond motifs is 1. The van der Waals surface area contributed by atoms with E-state index >= 15 is 0 Å². The molecule has 4 rings (SSSR count). The normalized spacial score (nSPS) is 13.9. The second kappa shape index (κ2) is 9.84. The standard InChI is InChI=1S/C24H28N4O5S/c1-14-15(2)34-23-21(14)22(30)25-19(26-23)7-8-20(29)27-9-11-28(12-10-27)24(31)16-5-6-17(32-3)18(13-16)33-4/h5-6,13H,7-12H2,1-4H3,(H,25,26,30). The van der Waals surface area contributed by atoms with Crippen LogP contribution in [-0.2, 0) is 11.2 Å². The SMILES string of the molecule is COc1ccc(C(=O)N2CCN(C(=O)CCc3nc4sc(C)c(C)c4c(=O)[nH]3)CC2)cc1OC. The largest absolute Gasteiger partial charge is 0.493 e. The predicted octanol–water partition coefficient (Wildman–Crippen LogP) is 2.54. The molecule has 0 saturated carbocycles. The third kappa shape index (κ3) is 4.63. The summed E-state index contributed by atoms with van der Waals surface area (Å²) in [5, 5.41) is 0.632. The average molecular weight is 485 g/mol. The van der Waals surface area contributed by atoms with Crippen molar-refractivity contribution in [3.05, 3.63) is 50.4 Å². The number of piperazine rings is 1. The number of nitrogens with zero attached hydrogens (tertiary/aromatic N) is 3. The van der Waals surface area contributed by atoms with Gasteiger partial charge in [0.15, 0.2) is 11.5 Å². The van der Waals surface area contributed by atoms with E-state index in [2.05, 4.69) is 9.97 Å². The molecule has 1 aromatic carbocycles. The number of ether oxygens (including phenoxy) is 2. The number of carbonyl (C=O) groups is 2. The Morgan fingerprint density at radius 2 is 1.74 bits per heavy atom. The molecule has 0 unspecified atom stereocenters. The highest BCUT2D eigenvalue weighted by atomic mass is 32.1. The van der Waals surface area contributed by atoms with Crippen LogP contribution >= 0.6 is 11.3 Å². The van der Waals surface area contributed by atoms with Crippen molar-refractivity contribution in [2.24, 2.45) is 0 Å². The Labute approximate surface area is 201 Å². The predicted molar refractivity (Wildman–Crippen MR) is 130 cm³/mol. The second-order valence-corrected chi connectivity index (χ2v) is 9.42. The van der Waals surface area contributed by atoms with Gasteiger partial charge in [0.05, 0.1) is 19.6 Å². The van der Waals surface area contributed by atoms with Gasteiger partial charge in [-0.05, 0) is 37.6 Å². The lowest BCUT2D eigenvalue weighted by Crippen LogP contribution is -2.50. The van der Waals surface area contributed by atoms with Crippen molar-refractivity contribution in [3.8, 4) is 11.5 Å². The van der Waals surface area contributed by atoms with E-state index in [1.807, 2.05) is 13.8 Å². The minimum Gasteiger partial charge on any atom is -0.493 e. The van der Waals surface area contributed by atoms with Crippen LogP contribution in [0.1, 0.15) is 33.0 Å². The van der Waals surface area contributed by atoms with Crippen molar-refractivity contribution >= 4 is 33.4 Å². The zero-order valence-electron chi connectivity index (χ0n) is 19.8. The molecular formula is C24H28N4O5S. The molecule has 1 saturated heterocycles. The smallest absolute Gasteiger partial charge is 0.259 e. The summed E-state index contributed by atoms with van der Waals surface area (Å²) < 4.78 is 10.5. The molecule has 0 atom stereocenters. The maximum atomic E-state index is 12.9. The zero-order chi connectivity index (χ0) is 24.4. The number of H-pyrrole nitrogens is 1. The lowest BCUT2D eigenvalue weighted by atomic mass is 10.1. The van der Waals surface area contributed by atoms with Crippen molar-refractivity contribution < 1.29 is 19.1 Å². The summed E-state index contributed by atoms with van der Waals surface area (Å²) in [5.74, 6) is 1.47. The van der Waals surface area contributed by atoms with Gasteiger partial charge in [0, 0.05) is 49.5 Å². The van der Waals surface area contributed by atoms with E-state index in [0.717, 1.165) is 10.4 Å². The number of aromatic amines is 1. The van der Waals surface area contributed by atoms with Crippen LogP contribution in [0.3, 0.4) is 0 Å². The number of amides is 2. The minimum atomic E-state index is -0.156. The molecular weight excluding hydrogens is 456 g/mol. The van der Waals surface area contributed by atoms with Crippen LogP contribution in [0.2, 0.25) is 0 Å². The van der Waals surface area contributed by atoms with Crippen LogP contribution in [-0.4, -0.2) is 72.0 Å². The Morgan fingerprint density at radius 1 is 1.06 bits per heavy atom. The van der Waals surface area contributed by atoms with Crippen molar-refractivity contribution in [2.45, 2.75) is 26.7 Å². The van der Waals surface area contributed by atoms with Gasteiger partial charge in [0.1, 0.15) is 10.7 Å². The molecule has 2 amide bonds. The average Bonchev–Trinajstić information content (AvgIpc) is 3.15. The number of benzene rings is 1. The van der Waals surface area contributed by atoms with Gasteiger partial charge in [-0.25, -0.2) is 4.98 Å². The number of aryl methyl sites for hydroxylation is 3. The van der Waals surface area contributed by atoms with Gasteiger partial charge in [0.25, 0.3) is 11.5 Å². The van der Waals surface area contributed by atoms with Crippen molar-refractivity contribution in [2.75, 3.05) is 40.4 Å². The molecule has 0 spiro atoms. The Kier molecular flexibility index (Phi) is 6.87. The maximum absolute atomic E-state index is 12.9. The third-order valence-electron chi connectivity index (χ3n) is 6.21. The van der Waals surface area contributed by atoms with Crippen LogP contribution in [0.5, 0.6) is 11.5 Å². The summed E-state index contributed by atoms with van der Waals surface area (Å²) in [6.07, 6.45) is 0.617. The van der Waals surface area contributed by atoms with Gasteiger partial charge >= 0.3 is 0 Å². The van der Waals surface area contributed by atoms with Crippen molar-refractivity contribution in [1.29, 1.82) is 0 Å². The van der Waals surface area contributed by atoms with E-state index in [-0.39, 0.29) is 23.8 Å². The first-order valence-electron chi connectivity index (χ1n) is 11.1. The first-order valence-corrected chi connectivity index (χ1v) is 11.9. The molecule has 3 aromatic rings. The number of nitrogens with one attached hydrogen (secondary N) is 1. The van der Waals surface area contributed by atoms with E-state index in [1.165, 1.54) is 18.4 Å². The summed E-state index contributed by atoms with van der Waals surface area (Å²) >= 11 is 1.50. The summed E-state index contributed by atoms with van der Waals surface area (Å²) in [6.45, 7) is 5.72. The number of aromatic nitrogens is 2. The number of hydrogen-bond donors (Lipinski definition) is 1. The topological polar surface area (TPSA) is 105 Å². The first-order chi connectivity index (χ1) is 16.3. The molecule has 34 heavy (non-hydrogen) atoms. The number of rotatable bonds is 6. The van der Waals surface area contributed by atoms with Crippen LogP contribution in [0.15, 0.2) is 23.0 Å². The third-order valence-corrected chi connectivity index (χ3v) is 7.31. The highest BCUT2D eigenvalue weighted by molar-refractivity contribution is 7.18. The molecule has 0 aliphatic carbocycles. The van der Waals surface area contributed by atoms with E-state index < -0.39 is 0 Å². The van der Waals surface area contributed by atoms with Gasteiger partial charge < -0.3 is 24.3 Å². The molecule has 0 radical (unpaired) electrons. The fourth-order valence-corrected chi connectivity index (χ4v) is 5.16. The zero-order valence-corrected chi connectivity index (χ0v) is 20.6. The van der Waals surface area contributed by atoms with Gasteiger partial charge in [-0.1, -0.05) is 0 Å². The second-order valence-electron chi connectivity index (χ2n) is 8.22. The molecule has 9 nitrogen and oxygen atoms in total. The van der Waals surface area contributed by atoms with Crippen LogP contribution in [0, 0.1) is 13.8 Å². The molecule has 3 heterocycles. The molecule has 1 N–H and O–H groups in total. The minimum absolute atomic E-state index is 0.0143. The number of carbonyl (C=O) groups excluding carboxylic acids is 2. The number of hydrogen-bond acceptors (Lipinski definition) is 7. The molecule has 2 aromatic heterocycles. The Hall–Kier alpha value is -3.40. The Morgan fingerprint density at radius 3 is 2.41 bits per heavy atom. The van der Waals surface area contributed by atoms with E-state index in [4.69, 9.17) is 9.47 Å². The van der Waals surface area contributed by atoms with Crippen molar-refractivity contribution in [3.63, 3.8) is 0 Å². The number of methoxy groups -OCH3 is 2. The summed E-state index contributed by atoms with van der Waals surface area (Å²) in [4.78, 5) is 50.7. The Bertz CT molecular complexity index is 1290. The quantitative estimate of drug-likeness (QED) is 0.577. The fourth-order valence-electron chi connectivity index (χ4n) is 4.11. The van der Waals surface area contributed by atoms with Gasteiger partial charge in [0.2, 0.25) is 5.91 Å². The first kappa shape index (κ1) is 23.7. The highest BCUT2D eigenvalue weighted by Crippen LogP contribution is 2.28. The fraction of sp³-hybridized carbons (Fsp3) is 0.417. The highest BCUT2D eigenvalue weighted by Gasteiger charge is 2.25. The van der Waals surface area contributed by atoms with E-state index in [1.54, 1.807) is 35.1 Å². The molecule has 1 fully saturated rings.